The number of methoxy groups -OCH3 is 2. The van der Waals surface area contributed by atoms with E-state index in [0.29, 0.717) is 46.5 Å². The van der Waals surface area contributed by atoms with Gasteiger partial charge in [0.2, 0.25) is 17.7 Å². The molecule has 0 saturated carbocycles. The zero-order valence-corrected chi connectivity index (χ0v) is 34.9. The molecular formula is C44H48Cl2FN5O6. The SMILES string of the molecule is COc1cc(-c2cccc(-c3cccc(-c4nc(OC)c(CN(C[C@@H]5CCC(=O)N5)C(=O)OC(C)(C)C)cc4F)c3Cl)c2Cl)cc2c1CN(C[C@@H]1CCC(=O)N1)CC2. The predicted octanol–water partition coefficient (Wildman–Crippen LogP) is 8.20. The van der Waals surface area contributed by atoms with Crippen molar-refractivity contribution in [3.8, 4) is 45.1 Å². The van der Waals surface area contributed by atoms with E-state index in [4.69, 9.17) is 37.4 Å². The van der Waals surface area contributed by atoms with Crippen molar-refractivity contribution in [2.75, 3.05) is 33.9 Å². The summed E-state index contributed by atoms with van der Waals surface area (Å²) >= 11 is 14.3. The van der Waals surface area contributed by atoms with Gasteiger partial charge in [0.1, 0.15) is 22.9 Å². The fourth-order valence-corrected chi connectivity index (χ4v) is 8.65. The first kappa shape index (κ1) is 41.3. The standard InChI is InChI=1S/C44H48Cl2FN5O6/c1-44(2,3)58-43(55)52(23-29-13-15-38(54)49-29)21-27-19-35(47)41(50-42(27)57-5)33-11-7-10-32(40(33)46)31-9-6-8-30(39(31)45)26-18-25-16-17-51(22-28-12-14-37(53)48-28)24-34(25)36(20-26)56-4/h6-11,18-20,28-29H,12-17,21-24H2,1-5H3,(H,48,53)(H,49,54)/t28-,29-/m0/s1. The molecule has 14 heteroatoms. The quantitative estimate of drug-likeness (QED) is 0.155. The Morgan fingerprint density at radius 1 is 0.897 bits per heavy atom. The summed E-state index contributed by atoms with van der Waals surface area (Å²) in [6.45, 7) is 7.77. The maximum atomic E-state index is 16.2. The van der Waals surface area contributed by atoms with Crippen LogP contribution in [0, 0.1) is 5.82 Å². The lowest BCUT2D eigenvalue weighted by molar-refractivity contribution is -0.120. The highest BCUT2D eigenvalue weighted by Crippen LogP contribution is 2.44. The Kier molecular flexibility index (Phi) is 12.2. The van der Waals surface area contributed by atoms with E-state index in [2.05, 4.69) is 26.6 Å². The molecule has 58 heavy (non-hydrogen) atoms. The van der Waals surface area contributed by atoms with E-state index in [1.54, 1.807) is 40.0 Å². The molecular weight excluding hydrogens is 784 g/mol. The topological polar surface area (TPSA) is 122 Å². The summed E-state index contributed by atoms with van der Waals surface area (Å²) in [6.07, 6.45) is 2.57. The Labute approximate surface area is 348 Å². The molecule has 1 aromatic heterocycles. The van der Waals surface area contributed by atoms with Crippen molar-refractivity contribution in [3.05, 3.63) is 87.2 Å². The van der Waals surface area contributed by atoms with Crippen LogP contribution in [0.15, 0.2) is 54.6 Å². The van der Waals surface area contributed by atoms with Gasteiger partial charge in [-0.05, 0) is 63.3 Å². The van der Waals surface area contributed by atoms with Crippen molar-refractivity contribution in [2.24, 2.45) is 0 Å². The number of hydrogen-bond donors (Lipinski definition) is 2. The van der Waals surface area contributed by atoms with Crippen molar-refractivity contribution >= 4 is 41.1 Å². The molecule has 3 aliphatic rings. The molecule has 2 N–H and O–H groups in total. The fraction of sp³-hybridized carbons (Fsp3) is 0.409. The molecule has 0 aliphatic carbocycles. The van der Waals surface area contributed by atoms with Gasteiger partial charge < -0.3 is 29.7 Å². The van der Waals surface area contributed by atoms with Crippen LogP contribution in [0.1, 0.15) is 63.1 Å². The maximum absolute atomic E-state index is 16.2. The summed E-state index contributed by atoms with van der Waals surface area (Å²) in [5, 5.41) is 6.67. The number of rotatable bonds is 11. The molecule has 306 valence electrons. The number of fused-ring (bicyclic) bond motifs is 1. The van der Waals surface area contributed by atoms with Crippen molar-refractivity contribution in [1.82, 2.24) is 25.4 Å². The molecule has 3 aromatic carbocycles. The zero-order valence-electron chi connectivity index (χ0n) is 33.3. The maximum Gasteiger partial charge on any atom is 0.410 e. The molecule has 2 atom stereocenters. The first-order chi connectivity index (χ1) is 27.7. The second kappa shape index (κ2) is 17.1. The third-order valence-electron chi connectivity index (χ3n) is 10.8. The van der Waals surface area contributed by atoms with Gasteiger partial charge in [0, 0.05) is 84.5 Å². The number of ether oxygens (including phenoxy) is 3. The number of carbonyl (C=O) groups excluding carboxylic acids is 3. The monoisotopic (exact) mass is 831 g/mol. The average molecular weight is 833 g/mol. The highest BCUT2D eigenvalue weighted by molar-refractivity contribution is 6.39. The van der Waals surface area contributed by atoms with E-state index in [-0.39, 0.29) is 53.6 Å². The van der Waals surface area contributed by atoms with Gasteiger partial charge in [0.15, 0.2) is 0 Å². The van der Waals surface area contributed by atoms with Crippen LogP contribution < -0.4 is 20.1 Å². The van der Waals surface area contributed by atoms with E-state index in [0.717, 1.165) is 54.9 Å². The van der Waals surface area contributed by atoms with Gasteiger partial charge in [-0.2, -0.15) is 0 Å². The summed E-state index contributed by atoms with van der Waals surface area (Å²) in [5.74, 6) is 0.241. The van der Waals surface area contributed by atoms with Gasteiger partial charge in [-0.15, -0.1) is 0 Å². The number of halogens is 3. The van der Waals surface area contributed by atoms with Crippen LogP contribution in [0.3, 0.4) is 0 Å². The van der Waals surface area contributed by atoms with Crippen LogP contribution in [0.2, 0.25) is 10.0 Å². The highest BCUT2D eigenvalue weighted by Gasteiger charge is 2.31. The smallest absolute Gasteiger partial charge is 0.410 e. The van der Waals surface area contributed by atoms with Crippen LogP contribution in [0.5, 0.6) is 11.6 Å². The first-order valence-corrected chi connectivity index (χ1v) is 20.3. The van der Waals surface area contributed by atoms with Crippen LogP contribution in [0.4, 0.5) is 9.18 Å². The van der Waals surface area contributed by atoms with Gasteiger partial charge in [0.05, 0.1) is 30.8 Å². The lowest BCUT2D eigenvalue weighted by Gasteiger charge is -2.32. The number of carbonyl (C=O) groups is 3. The molecule has 0 unspecified atom stereocenters. The average Bonchev–Trinajstić information content (AvgIpc) is 3.80. The molecule has 2 fully saturated rings. The Morgan fingerprint density at radius 3 is 2.16 bits per heavy atom. The third-order valence-corrected chi connectivity index (χ3v) is 11.6. The number of hydrogen-bond acceptors (Lipinski definition) is 8. The molecule has 0 radical (unpaired) electrons. The number of aromatic nitrogens is 1. The number of nitrogens with one attached hydrogen (secondary N) is 2. The Balaban J connectivity index is 1.17. The molecule has 3 aliphatic heterocycles. The first-order valence-electron chi connectivity index (χ1n) is 19.5. The van der Waals surface area contributed by atoms with Crippen LogP contribution in [0.25, 0.3) is 33.5 Å². The lowest BCUT2D eigenvalue weighted by atomic mass is 9.91. The normalized spacial score (nSPS) is 18.1. The lowest BCUT2D eigenvalue weighted by Crippen LogP contribution is -2.43. The van der Waals surface area contributed by atoms with Gasteiger partial charge in [-0.3, -0.25) is 14.5 Å². The summed E-state index contributed by atoms with van der Waals surface area (Å²) < 4.78 is 33.5. The molecule has 0 bridgehead atoms. The minimum Gasteiger partial charge on any atom is -0.496 e. The second-order valence-electron chi connectivity index (χ2n) is 16.1. The summed E-state index contributed by atoms with van der Waals surface area (Å²) in [7, 11) is 3.09. The van der Waals surface area contributed by atoms with Crippen LogP contribution in [-0.4, -0.2) is 84.2 Å². The largest absolute Gasteiger partial charge is 0.496 e. The minimum absolute atomic E-state index is 0.0321. The van der Waals surface area contributed by atoms with E-state index in [9.17, 15) is 14.4 Å². The summed E-state index contributed by atoms with van der Waals surface area (Å²) in [4.78, 5) is 45.4. The number of benzene rings is 3. The third kappa shape index (κ3) is 9.04. The van der Waals surface area contributed by atoms with E-state index in [1.807, 2.05) is 30.3 Å². The molecule has 11 nitrogen and oxygen atoms in total. The Hall–Kier alpha value is -4.91. The number of nitrogens with zero attached hydrogens (tertiary/aromatic N) is 3. The van der Waals surface area contributed by atoms with Crippen molar-refractivity contribution < 1.29 is 33.0 Å². The van der Waals surface area contributed by atoms with Crippen LogP contribution in [-0.2, 0) is 33.8 Å². The van der Waals surface area contributed by atoms with Crippen molar-refractivity contribution in [2.45, 2.75) is 83.6 Å². The van der Waals surface area contributed by atoms with Crippen molar-refractivity contribution in [3.63, 3.8) is 0 Å². The van der Waals surface area contributed by atoms with Crippen LogP contribution >= 0.6 is 23.2 Å². The Morgan fingerprint density at radius 2 is 1.53 bits per heavy atom. The van der Waals surface area contributed by atoms with E-state index in [1.165, 1.54) is 23.6 Å². The number of amides is 3. The Bertz CT molecular complexity index is 2230. The highest BCUT2D eigenvalue weighted by atomic mass is 35.5. The minimum atomic E-state index is -0.775. The van der Waals surface area contributed by atoms with E-state index < -0.39 is 17.5 Å². The van der Waals surface area contributed by atoms with Gasteiger partial charge in [-0.1, -0.05) is 65.7 Å². The molecule has 2 saturated heterocycles. The zero-order chi connectivity index (χ0) is 41.3. The van der Waals surface area contributed by atoms with Gasteiger partial charge in [0.25, 0.3) is 0 Å². The molecule has 7 rings (SSSR count). The number of pyridine rings is 1. The fourth-order valence-electron chi connectivity index (χ4n) is 8.00. The van der Waals surface area contributed by atoms with Gasteiger partial charge >= 0.3 is 6.09 Å². The molecule has 0 spiro atoms. The van der Waals surface area contributed by atoms with E-state index >= 15 is 4.39 Å². The second-order valence-corrected chi connectivity index (χ2v) is 16.8. The summed E-state index contributed by atoms with van der Waals surface area (Å²) in [6, 6.07) is 16.4. The predicted molar refractivity (Wildman–Crippen MR) is 222 cm³/mol. The van der Waals surface area contributed by atoms with Crippen molar-refractivity contribution in [1.29, 1.82) is 0 Å². The molecule has 4 aromatic rings. The van der Waals surface area contributed by atoms with Gasteiger partial charge in [-0.25, -0.2) is 14.2 Å². The molecule has 3 amide bonds. The molecule has 4 heterocycles. The summed E-state index contributed by atoms with van der Waals surface area (Å²) in [5.41, 5.74) is 5.08.